The van der Waals surface area contributed by atoms with Crippen molar-refractivity contribution in [2.45, 2.75) is 36.9 Å². The predicted octanol–water partition coefficient (Wildman–Crippen LogP) is 3.86. The van der Waals surface area contributed by atoms with Crippen LogP contribution in [0, 0.1) is 0 Å². The maximum atomic E-state index is 13.0. The SMILES string of the molecule is CCN(Cc1ccccc1)C(=O)[C@H](C)Sc1nnc([C@H]2COc3ccccc3O2)n1C. The number of carbonyl (C=O) groups excluding carboxylic acids is 1. The molecule has 0 fully saturated rings. The van der Waals surface area contributed by atoms with E-state index < -0.39 is 0 Å². The third-order valence-corrected chi connectivity index (χ3v) is 6.33. The van der Waals surface area contributed by atoms with Crippen LogP contribution in [0.1, 0.15) is 31.3 Å². The fourth-order valence-electron chi connectivity index (χ4n) is 3.47. The summed E-state index contributed by atoms with van der Waals surface area (Å²) in [6.45, 7) is 5.51. The lowest BCUT2D eigenvalue weighted by molar-refractivity contribution is -0.130. The molecule has 1 amide bonds. The molecule has 0 aliphatic carbocycles. The highest BCUT2D eigenvalue weighted by molar-refractivity contribution is 8.00. The van der Waals surface area contributed by atoms with Gasteiger partial charge in [0.2, 0.25) is 5.91 Å². The number of amides is 1. The van der Waals surface area contributed by atoms with Crippen LogP contribution in [0.5, 0.6) is 11.5 Å². The fraction of sp³-hybridized carbons (Fsp3) is 0.348. The van der Waals surface area contributed by atoms with E-state index >= 15 is 0 Å². The summed E-state index contributed by atoms with van der Waals surface area (Å²) in [6.07, 6.45) is -0.349. The maximum absolute atomic E-state index is 13.0. The maximum Gasteiger partial charge on any atom is 0.236 e. The lowest BCUT2D eigenvalue weighted by atomic mass is 10.2. The van der Waals surface area contributed by atoms with Crippen molar-refractivity contribution in [1.82, 2.24) is 19.7 Å². The van der Waals surface area contributed by atoms with Gasteiger partial charge in [0.05, 0.1) is 5.25 Å². The summed E-state index contributed by atoms with van der Waals surface area (Å²) >= 11 is 1.40. The van der Waals surface area contributed by atoms with E-state index in [1.54, 1.807) is 0 Å². The first-order valence-electron chi connectivity index (χ1n) is 10.3. The Labute approximate surface area is 186 Å². The lowest BCUT2D eigenvalue weighted by Crippen LogP contribution is -2.36. The Balaban J connectivity index is 1.42. The minimum Gasteiger partial charge on any atom is -0.485 e. The van der Waals surface area contributed by atoms with Crippen molar-refractivity contribution in [2.24, 2.45) is 7.05 Å². The van der Waals surface area contributed by atoms with Crippen LogP contribution in [0.2, 0.25) is 0 Å². The van der Waals surface area contributed by atoms with Gasteiger partial charge in [-0.15, -0.1) is 10.2 Å². The van der Waals surface area contributed by atoms with Gasteiger partial charge in [0.1, 0.15) is 6.61 Å². The van der Waals surface area contributed by atoms with Gasteiger partial charge in [-0.1, -0.05) is 54.2 Å². The number of aromatic nitrogens is 3. The standard InChI is InChI=1S/C23H26N4O3S/c1-4-27(14-17-10-6-5-7-11-17)22(28)16(2)31-23-25-24-21(26(23)3)20-15-29-18-12-8-9-13-19(18)30-20/h5-13,16,20H,4,14-15H2,1-3H3/t16-,20+/m0/s1. The monoisotopic (exact) mass is 438 g/mol. The first kappa shape index (κ1) is 21.2. The number of ether oxygens (including phenoxy) is 2. The van der Waals surface area contributed by atoms with E-state index in [1.807, 2.05) is 85.0 Å². The number of nitrogens with zero attached hydrogens (tertiary/aromatic N) is 4. The highest BCUT2D eigenvalue weighted by Gasteiger charge is 2.29. The van der Waals surface area contributed by atoms with Gasteiger partial charge in [-0.05, 0) is 31.5 Å². The normalized spacial score (nSPS) is 16.0. The van der Waals surface area contributed by atoms with Crippen LogP contribution >= 0.6 is 11.8 Å². The van der Waals surface area contributed by atoms with Crippen LogP contribution in [-0.2, 0) is 18.4 Å². The molecule has 1 aromatic heterocycles. The summed E-state index contributed by atoms with van der Waals surface area (Å²) in [7, 11) is 1.89. The molecule has 0 spiro atoms. The van der Waals surface area contributed by atoms with Crippen LogP contribution < -0.4 is 9.47 Å². The number of rotatable bonds is 7. The van der Waals surface area contributed by atoms with Gasteiger partial charge in [-0.3, -0.25) is 4.79 Å². The highest BCUT2D eigenvalue weighted by atomic mass is 32.2. The first-order chi connectivity index (χ1) is 15.1. The Morgan fingerprint density at radius 2 is 1.87 bits per heavy atom. The molecule has 0 unspecified atom stereocenters. The average Bonchev–Trinajstić information content (AvgIpc) is 3.17. The zero-order valence-electron chi connectivity index (χ0n) is 17.9. The molecule has 31 heavy (non-hydrogen) atoms. The molecule has 162 valence electrons. The number of fused-ring (bicyclic) bond motifs is 1. The largest absolute Gasteiger partial charge is 0.485 e. The van der Waals surface area contributed by atoms with Crippen LogP contribution in [0.25, 0.3) is 0 Å². The second-order valence-corrected chi connectivity index (χ2v) is 8.67. The zero-order valence-corrected chi connectivity index (χ0v) is 18.7. The van der Waals surface area contributed by atoms with Gasteiger partial charge in [-0.2, -0.15) is 0 Å². The second-order valence-electron chi connectivity index (χ2n) is 7.36. The second kappa shape index (κ2) is 9.43. The molecule has 0 saturated carbocycles. The minimum absolute atomic E-state index is 0.0760. The van der Waals surface area contributed by atoms with E-state index in [4.69, 9.17) is 9.47 Å². The number of thioether (sulfide) groups is 1. The van der Waals surface area contributed by atoms with Crippen molar-refractivity contribution >= 4 is 17.7 Å². The van der Waals surface area contributed by atoms with Gasteiger partial charge < -0.3 is 18.9 Å². The minimum atomic E-state index is -0.349. The number of carbonyl (C=O) groups is 1. The lowest BCUT2D eigenvalue weighted by Gasteiger charge is -2.26. The number of hydrogen-bond donors (Lipinski definition) is 0. The van der Waals surface area contributed by atoms with E-state index in [2.05, 4.69) is 10.2 Å². The summed E-state index contributed by atoms with van der Waals surface area (Å²) < 4.78 is 13.7. The van der Waals surface area contributed by atoms with Gasteiger partial charge >= 0.3 is 0 Å². The fourth-order valence-corrected chi connectivity index (χ4v) is 4.38. The summed E-state index contributed by atoms with van der Waals surface area (Å²) in [4.78, 5) is 14.9. The quantitative estimate of drug-likeness (QED) is 0.522. The summed E-state index contributed by atoms with van der Waals surface area (Å²) in [6, 6.07) is 17.6. The topological polar surface area (TPSA) is 69.5 Å². The molecule has 0 radical (unpaired) electrons. The third-order valence-electron chi connectivity index (χ3n) is 5.20. The van der Waals surface area contributed by atoms with Crippen molar-refractivity contribution in [3.63, 3.8) is 0 Å². The van der Waals surface area contributed by atoms with Gasteiger partial charge in [-0.25, -0.2) is 0 Å². The number of para-hydroxylation sites is 2. The smallest absolute Gasteiger partial charge is 0.236 e. The Morgan fingerprint density at radius 1 is 1.16 bits per heavy atom. The van der Waals surface area contributed by atoms with Crippen molar-refractivity contribution in [3.05, 3.63) is 66.0 Å². The van der Waals surface area contributed by atoms with Crippen LogP contribution in [0.3, 0.4) is 0 Å². The van der Waals surface area contributed by atoms with Crippen LogP contribution in [0.15, 0.2) is 59.8 Å². The molecule has 3 aromatic rings. The molecule has 8 heteroatoms. The molecule has 1 aliphatic heterocycles. The summed E-state index contributed by atoms with van der Waals surface area (Å²) in [5.41, 5.74) is 1.12. The van der Waals surface area contributed by atoms with E-state index in [1.165, 1.54) is 11.8 Å². The summed E-state index contributed by atoms with van der Waals surface area (Å²) in [5.74, 6) is 2.17. The first-order valence-corrected chi connectivity index (χ1v) is 11.2. The molecule has 1 aliphatic rings. The van der Waals surface area contributed by atoms with Crippen molar-refractivity contribution in [2.75, 3.05) is 13.2 Å². The number of hydrogen-bond acceptors (Lipinski definition) is 6. The van der Waals surface area contributed by atoms with Crippen molar-refractivity contribution < 1.29 is 14.3 Å². The Morgan fingerprint density at radius 3 is 2.61 bits per heavy atom. The molecule has 0 N–H and O–H groups in total. The molecule has 0 saturated heterocycles. The molecule has 7 nitrogen and oxygen atoms in total. The molecular weight excluding hydrogens is 412 g/mol. The van der Waals surface area contributed by atoms with Gasteiger partial charge in [0.15, 0.2) is 28.6 Å². The Hall–Kier alpha value is -3.00. The van der Waals surface area contributed by atoms with Crippen molar-refractivity contribution in [1.29, 1.82) is 0 Å². The van der Waals surface area contributed by atoms with Crippen LogP contribution in [-0.4, -0.2) is 44.0 Å². The van der Waals surface area contributed by atoms with Gasteiger partial charge in [0, 0.05) is 20.1 Å². The molecule has 4 rings (SSSR count). The molecule has 2 atom stereocenters. The van der Waals surface area contributed by atoms with E-state index in [-0.39, 0.29) is 17.3 Å². The Bertz CT molecular complexity index is 1040. The number of benzene rings is 2. The average molecular weight is 439 g/mol. The van der Waals surface area contributed by atoms with Crippen LogP contribution in [0.4, 0.5) is 0 Å². The van der Waals surface area contributed by atoms with E-state index in [9.17, 15) is 4.79 Å². The highest BCUT2D eigenvalue weighted by Crippen LogP contribution is 2.36. The van der Waals surface area contributed by atoms with Crippen molar-refractivity contribution in [3.8, 4) is 11.5 Å². The third kappa shape index (κ3) is 4.69. The Kier molecular flexibility index (Phi) is 6.46. The zero-order chi connectivity index (χ0) is 21.8. The molecule has 2 aromatic carbocycles. The molecular formula is C23H26N4O3S. The van der Waals surface area contributed by atoms with E-state index in [0.717, 1.165) is 11.3 Å². The van der Waals surface area contributed by atoms with E-state index in [0.29, 0.717) is 36.4 Å². The molecule has 0 bridgehead atoms. The predicted molar refractivity (Wildman–Crippen MR) is 119 cm³/mol. The van der Waals surface area contributed by atoms with Gasteiger partial charge in [0.25, 0.3) is 0 Å². The molecule has 2 heterocycles. The summed E-state index contributed by atoms with van der Waals surface area (Å²) in [5, 5.41) is 9.01.